The summed E-state index contributed by atoms with van der Waals surface area (Å²) < 4.78 is 24.4. The van der Waals surface area contributed by atoms with Crippen molar-refractivity contribution in [1.29, 1.82) is 0 Å². The Balaban J connectivity index is 3.26. The number of carbonyl (C=O) groups is 1. The Bertz CT molecular complexity index is 341. The van der Waals surface area contributed by atoms with Crippen LogP contribution in [0.5, 0.6) is 0 Å². The fourth-order valence-corrected chi connectivity index (χ4v) is 0.847. The molecule has 3 N–H and O–H groups in total. The molecule has 0 aromatic carbocycles. The number of anilines is 1. The molecule has 0 amide bonds. The van der Waals surface area contributed by atoms with Gasteiger partial charge in [-0.05, 0) is 6.07 Å². The van der Waals surface area contributed by atoms with Crippen LogP contribution in [0.1, 0.15) is 22.3 Å². The van der Waals surface area contributed by atoms with Crippen molar-refractivity contribution < 1.29 is 18.7 Å². The molecule has 0 bridgehead atoms. The van der Waals surface area contributed by atoms with Crippen LogP contribution in [-0.2, 0) is 0 Å². The first kappa shape index (κ1) is 9.37. The molecule has 70 valence electrons. The molecule has 0 saturated heterocycles. The van der Waals surface area contributed by atoms with Gasteiger partial charge in [-0.2, -0.15) is 0 Å². The van der Waals surface area contributed by atoms with Gasteiger partial charge in [-0.3, -0.25) is 0 Å². The maximum atomic E-state index is 12.2. The minimum Gasteiger partial charge on any atom is -0.478 e. The van der Waals surface area contributed by atoms with Gasteiger partial charge in [-0.25, -0.2) is 18.6 Å². The van der Waals surface area contributed by atoms with E-state index in [1.807, 2.05) is 0 Å². The van der Waals surface area contributed by atoms with E-state index in [-0.39, 0.29) is 5.82 Å². The van der Waals surface area contributed by atoms with Crippen LogP contribution in [-0.4, -0.2) is 16.1 Å². The van der Waals surface area contributed by atoms with Crippen molar-refractivity contribution in [2.75, 3.05) is 5.73 Å². The lowest BCUT2D eigenvalue weighted by molar-refractivity contribution is 0.0684. The number of halogens is 2. The highest BCUT2D eigenvalue weighted by Gasteiger charge is 2.18. The third kappa shape index (κ3) is 1.90. The standard InChI is InChI=1S/C7H6F2N2O2/c8-6(9)3-1-5(10)11-2-4(3)7(12)13/h1-2,6H,(H2,10,11)(H,12,13). The number of hydrogen-bond donors (Lipinski definition) is 2. The molecule has 0 spiro atoms. The molecule has 0 saturated carbocycles. The van der Waals surface area contributed by atoms with Crippen molar-refractivity contribution in [2.24, 2.45) is 0 Å². The molecule has 0 fully saturated rings. The molecule has 0 unspecified atom stereocenters. The lowest BCUT2D eigenvalue weighted by Crippen LogP contribution is -2.05. The summed E-state index contributed by atoms with van der Waals surface area (Å²) in [5.41, 5.74) is 3.99. The van der Waals surface area contributed by atoms with Gasteiger partial charge in [0.25, 0.3) is 6.43 Å². The van der Waals surface area contributed by atoms with Crippen LogP contribution in [0.25, 0.3) is 0 Å². The summed E-state index contributed by atoms with van der Waals surface area (Å²) in [6.45, 7) is 0. The van der Waals surface area contributed by atoms with E-state index >= 15 is 0 Å². The van der Waals surface area contributed by atoms with Crippen molar-refractivity contribution in [1.82, 2.24) is 4.98 Å². The summed E-state index contributed by atoms with van der Waals surface area (Å²) in [5, 5.41) is 8.49. The smallest absolute Gasteiger partial charge is 0.337 e. The molecule has 0 atom stereocenters. The SMILES string of the molecule is Nc1cc(C(F)F)c(C(=O)O)cn1. The monoisotopic (exact) mass is 188 g/mol. The number of carboxylic acids is 1. The molecule has 1 heterocycles. The van der Waals surface area contributed by atoms with E-state index in [0.29, 0.717) is 0 Å². The Morgan fingerprint density at radius 3 is 2.69 bits per heavy atom. The van der Waals surface area contributed by atoms with Crippen molar-refractivity contribution >= 4 is 11.8 Å². The first-order valence-electron chi connectivity index (χ1n) is 3.29. The van der Waals surface area contributed by atoms with Crippen LogP contribution < -0.4 is 5.73 Å². The van der Waals surface area contributed by atoms with Gasteiger partial charge in [0, 0.05) is 11.8 Å². The van der Waals surface area contributed by atoms with Gasteiger partial charge < -0.3 is 10.8 Å². The van der Waals surface area contributed by atoms with E-state index in [0.717, 1.165) is 12.3 Å². The molecule has 1 aromatic rings. The largest absolute Gasteiger partial charge is 0.478 e. The molecule has 1 aromatic heterocycles. The van der Waals surface area contributed by atoms with Crippen molar-refractivity contribution in [2.45, 2.75) is 6.43 Å². The summed E-state index contributed by atoms with van der Waals surface area (Å²) in [6.07, 6.45) is -2.05. The zero-order valence-corrected chi connectivity index (χ0v) is 6.37. The Kier molecular flexibility index (Phi) is 2.41. The highest BCUT2D eigenvalue weighted by molar-refractivity contribution is 5.89. The number of carboxylic acid groups (broad SMARTS) is 1. The summed E-state index contributed by atoms with van der Waals surface area (Å²) in [5.74, 6) is -1.57. The molecular formula is C7H6F2N2O2. The van der Waals surface area contributed by atoms with Crippen LogP contribution in [0.3, 0.4) is 0 Å². The van der Waals surface area contributed by atoms with Gasteiger partial charge in [-0.1, -0.05) is 0 Å². The van der Waals surface area contributed by atoms with Crippen LogP contribution in [0.15, 0.2) is 12.3 Å². The summed E-state index contributed by atoms with van der Waals surface area (Å²) in [4.78, 5) is 13.8. The second kappa shape index (κ2) is 3.34. The van der Waals surface area contributed by atoms with Crippen LogP contribution in [0.2, 0.25) is 0 Å². The minimum atomic E-state index is -2.86. The molecule has 0 radical (unpaired) electrons. The fraction of sp³-hybridized carbons (Fsp3) is 0.143. The van der Waals surface area contributed by atoms with Crippen molar-refractivity contribution in [3.8, 4) is 0 Å². The van der Waals surface area contributed by atoms with Gasteiger partial charge in [-0.15, -0.1) is 0 Å². The lowest BCUT2D eigenvalue weighted by Gasteiger charge is -2.04. The predicted octanol–water partition coefficient (Wildman–Crippen LogP) is 1.30. The predicted molar refractivity (Wildman–Crippen MR) is 40.6 cm³/mol. The third-order valence-corrected chi connectivity index (χ3v) is 1.42. The van der Waals surface area contributed by atoms with Gasteiger partial charge in [0.2, 0.25) is 0 Å². The number of rotatable bonds is 2. The first-order valence-corrected chi connectivity index (χ1v) is 3.29. The molecule has 0 aliphatic carbocycles. The first-order chi connectivity index (χ1) is 6.02. The number of alkyl halides is 2. The minimum absolute atomic E-state index is 0.125. The van der Waals surface area contributed by atoms with Crippen LogP contribution >= 0.6 is 0 Å². The highest BCUT2D eigenvalue weighted by Crippen LogP contribution is 2.23. The van der Waals surface area contributed by atoms with E-state index < -0.39 is 23.5 Å². The maximum Gasteiger partial charge on any atom is 0.337 e. The molecular weight excluding hydrogens is 182 g/mol. The topological polar surface area (TPSA) is 76.2 Å². The Morgan fingerprint density at radius 1 is 1.62 bits per heavy atom. The lowest BCUT2D eigenvalue weighted by atomic mass is 10.1. The third-order valence-electron chi connectivity index (χ3n) is 1.42. The van der Waals surface area contributed by atoms with Crippen molar-refractivity contribution in [3.05, 3.63) is 23.4 Å². The van der Waals surface area contributed by atoms with E-state index in [4.69, 9.17) is 10.8 Å². The fourth-order valence-electron chi connectivity index (χ4n) is 0.847. The average molecular weight is 188 g/mol. The molecule has 4 nitrogen and oxygen atoms in total. The van der Waals surface area contributed by atoms with Gasteiger partial charge in [0.1, 0.15) is 5.82 Å². The average Bonchev–Trinajstić information content (AvgIpc) is 2.03. The second-order valence-electron chi connectivity index (χ2n) is 2.30. The normalized spacial score (nSPS) is 10.4. The zero-order valence-electron chi connectivity index (χ0n) is 6.37. The number of pyridine rings is 1. The second-order valence-corrected chi connectivity index (χ2v) is 2.30. The Labute approximate surface area is 72.0 Å². The van der Waals surface area contributed by atoms with Crippen LogP contribution in [0.4, 0.5) is 14.6 Å². The Hall–Kier alpha value is -1.72. The number of nitrogen functional groups attached to an aromatic ring is 1. The summed E-state index contributed by atoms with van der Waals surface area (Å²) in [6, 6.07) is 0.855. The van der Waals surface area contributed by atoms with E-state index in [1.54, 1.807) is 0 Å². The molecule has 0 aliphatic heterocycles. The summed E-state index contributed by atoms with van der Waals surface area (Å²) in [7, 11) is 0. The molecule has 1 rings (SSSR count). The number of hydrogen-bond acceptors (Lipinski definition) is 3. The Morgan fingerprint density at radius 2 is 2.23 bits per heavy atom. The number of nitrogens with zero attached hydrogens (tertiary/aromatic N) is 1. The van der Waals surface area contributed by atoms with Crippen molar-refractivity contribution in [3.63, 3.8) is 0 Å². The number of aromatic carboxylic acids is 1. The van der Waals surface area contributed by atoms with E-state index in [2.05, 4.69) is 4.98 Å². The van der Waals surface area contributed by atoms with Gasteiger partial charge in [0.05, 0.1) is 5.56 Å². The van der Waals surface area contributed by atoms with E-state index in [9.17, 15) is 13.6 Å². The van der Waals surface area contributed by atoms with E-state index in [1.165, 1.54) is 0 Å². The van der Waals surface area contributed by atoms with Crippen LogP contribution in [0, 0.1) is 0 Å². The number of nitrogens with two attached hydrogens (primary N) is 1. The van der Waals surface area contributed by atoms with Gasteiger partial charge in [0.15, 0.2) is 0 Å². The number of aromatic nitrogens is 1. The molecule has 13 heavy (non-hydrogen) atoms. The summed E-state index contributed by atoms with van der Waals surface area (Å²) >= 11 is 0. The quantitative estimate of drug-likeness (QED) is 0.733. The van der Waals surface area contributed by atoms with Gasteiger partial charge >= 0.3 is 5.97 Å². The zero-order chi connectivity index (χ0) is 10.0. The highest BCUT2D eigenvalue weighted by atomic mass is 19.3. The maximum absolute atomic E-state index is 12.2. The molecule has 0 aliphatic rings. The molecule has 6 heteroatoms.